The van der Waals surface area contributed by atoms with Gasteiger partial charge in [-0.15, -0.1) is 0 Å². The SMILES string of the molecule is NC1CCCCC1Nc1ccc(I)cn1. The molecular weight excluding hydrogens is 301 g/mol. The van der Waals surface area contributed by atoms with Crippen LogP contribution in [0.4, 0.5) is 5.82 Å². The average Bonchev–Trinajstić information content (AvgIpc) is 2.25. The molecule has 1 aromatic rings. The van der Waals surface area contributed by atoms with Crippen LogP contribution >= 0.6 is 22.6 Å². The molecule has 1 saturated carbocycles. The number of anilines is 1. The Labute approximate surface area is 104 Å². The van der Waals surface area contributed by atoms with Gasteiger partial charge in [0.25, 0.3) is 0 Å². The van der Waals surface area contributed by atoms with Crippen LogP contribution in [0.2, 0.25) is 0 Å². The first kappa shape index (κ1) is 11.1. The van der Waals surface area contributed by atoms with Crippen LogP contribution in [0, 0.1) is 3.57 Å². The Morgan fingerprint density at radius 1 is 1.33 bits per heavy atom. The van der Waals surface area contributed by atoms with Gasteiger partial charge in [-0.2, -0.15) is 0 Å². The molecule has 0 aromatic carbocycles. The third kappa shape index (κ3) is 3.04. The zero-order chi connectivity index (χ0) is 10.7. The summed E-state index contributed by atoms with van der Waals surface area (Å²) in [5.74, 6) is 0.942. The van der Waals surface area contributed by atoms with Gasteiger partial charge in [0, 0.05) is 21.9 Å². The van der Waals surface area contributed by atoms with Crippen LogP contribution in [0.25, 0.3) is 0 Å². The predicted octanol–water partition coefficient (Wildman–Crippen LogP) is 2.37. The van der Waals surface area contributed by atoms with Gasteiger partial charge in [0.1, 0.15) is 5.82 Å². The van der Waals surface area contributed by atoms with Crippen molar-refractivity contribution in [2.45, 2.75) is 37.8 Å². The van der Waals surface area contributed by atoms with E-state index in [4.69, 9.17) is 5.73 Å². The zero-order valence-corrected chi connectivity index (χ0v) is 10.8. The molecule has 3 nitrogen and oxygen atoms in total. The summed E-state index contributed by atoms with van der Waals surface area (Å²) >= 11 is 2.26. The van der Waals surface area contributed by atoms with E-state index in [1.165, 1.54) is 12.8 Å². The number of hydrogen-bond donors (Lipinski definition) is 2. The van der Waals surface area contributed by atoms with Gasteiger partial charge >= 0.3 is 0 Å². The van der Waals surface area contributed by atoms with Crippen molar-refractivity contribution >= 4 is 28.4 Å². The number of pyridine rings is 1. The molecular formula is C11H16IN3. The molecule has 1 aliphatic rings. The lowest BCUT2D eigenvalue weighted by atomic mass is 9.91. The first-order valence-corrected chi connectivity index (χ1v) is 6.47. The van der Waals surface area contributed by atoms with E-state index in [2.05, 4.69) is 39.0 Å². The fraction of sp³-hybridized carbons (Fsp3) is 0.545. The fourth-order valence-corrected chi connectivity index (χ4v) is 2.31. The van der Waals surface area contributed by atoms with Crippen molar-refractivity contribution in [2.24, 2.45) is 5.73 Å². The molecule has 15 heavy (non-hydrogen) atoms. The molecule has 0 bridgehead atoms. The van der Waals surface area contributed by atoms with Crippen molar-refractivity contribution in [3.05, 3.63) is 21.9 Å². The second-order valence-corrected chi connectivity index (χ2v) is 5.31. The van der Waals surface area contributed by atoms with Gasteiger partial charge in [-0.05, 0) is 47.6 Å². The molecule has 0 saturated heterocycles. The lowest BCUT2D eigenvalue weighted by molar-refractivity contribution is 0.403. The summed E-state index contributed by atoms with van der Waals surface area (Å²) in [7, 11) is 0. The number of nitrogens with zero attached hydrogens (tertiary/aromatic N) is 1. The standard InChI is InChI=1S/C11H16IN3/c12-8-5-6-11(14-7-8)15-10-4-2-1-3-9(10)13/h5-7,9-10H,1-4,13H2,(H,14,15). The van der Waals surface area contributed by atoms with Crippen molar-refractivity contribution in [1.29, 1.82) is 0 Å². The highest BCUT2D eigenvalue weighted by atomic mass is 127. The largest absolute Gasteiger partial charge is 0.366 e. The molecule has 0 radical (unpaired) electrons. The second-order valence-electron chi connectivity index (χ2n) is 4.06. The maximum absolute atomic E-state index is 6.06. The van der Waals surface area contributed by atoms with Crippen molar-refractivity contribution in [1.82, 2.24) is 4.98 Å². The summed E-state index contributed by atoms with van der Waals surface area (Å²) in [4.78, 5) is 4.33. The normalized spacial score (nSPS) is 26.3. The quantitative estimate of drug-likeness (QED) is 0.824. The van der Waals surface area contributed by atoms with Gasteiger partial charge in [-0.25, -0.2) is 4.98 Å². The Hall–Kier alpha value is -0.360. The number of hydrogen-bond acceptors (Lipinski definition) is 3. The summed E-state index contributed by atoms with van der Waals surface area (Å²) in [6.45, 7) is 0. The summed E-state index contributed by atoms with van der Waals surface area (Å²) in [6.07, 6.45) is 6.70. The predicted molar refractivity (Wildman–Crippen MR) is 70.8 cm³/mol. The molecule has 0 amide bonds. The lowest BCUT2D eigenvalue weighted by Crippen LogP contribution is -2.42. The number of halogens is 1. The van der Waals surface area contributed by atoms with Crippen molar-refractivity contribution in [2.75, 3.05) is 5.32 Å². The van der Waals surface area contributed by atoms with E-state index in [1.54, 1.807) is 0 Å². The van der Waals surface area contributed by atoms with E-state index in [0.717, 1.165) is 22.2 Å². The lowest BCUT2D eigenvalue weighted by Gasteiger charge is -2.29. The highest BCUT2D eigenvalue weighted by molar-refractivity contribution is 14.1. The van der Waals surface area contributed by atoms with Crippen molar-refractivity contribution in [3.8, 4) is 0 Å². The average molecular weight is 317 g/mol. The zero-order valence-electron chi connectivity index (χ0n) is 8.62. The van der Waals surface area contributed by atoms with E-state index < -0.39 is 0 Å². The molecule has 0 aliphatic heterocycles. The summed E-state index contributed by atoms with van der Waals surface area (Å²) in [6, 6.07) is 4.75. The van der Waals surface area contributed by atoms with E-state index >= 15 is 0 Å². The van der Waals surface area contributed by atoms with Gasteiger partial charge in [0.15, 0.2) is 0 Å². The van der Waals surface area contributed by atoms with Crippen LogP contribution < -0.4 is 11.1 Å². The minimum Gasteiger partial charge on any atom is -0.366 e. The highest BCUT2D eigenvalue weighted by Gasteiger charge is 2.21. The third-order valence-electron chi connectivity index (χ3n) is 2.88. The van der Waals surface area contributed by atoms with Crippen LogP contribution in [0.3, 0.4) is 0 Å². The van der Waals surface area contributed by atoms with E-state index in [1.807, 2.05) is 12.3 Å². The molecule has 4 heteroatoms. The number of nitrogens with one attached hydrogen (secondary N) is 1. The molecule has 82 valence electrons. The highest BCUT2D eigenvalue weighted by Crippen LogP contribution is 2.20. The monoisotopic (exact) mass is 317 g/mol. The molecule has 0 spiro atoms. The van der Waals surface area contributed by atoms with E-state index in [9.17, 15) is 0 Å². The van der Waals surface area contributed by atoms with Crippen LogP contribution in [0.15, 0.2) is 18.3 Å². The first-order chi connectivity index (χ1) is 7.25. The Balaban J connectivity index is 1.98. The van der Waals surface area contributed by atoms with E-state index in [0.29, 0.717) is 6.04 Å². The second kappa shape index (κ2) is 5.12. The minimum atomic E-state index is 0.278. The maximum atomic E-state index is 6.06. The molecule has 1 heterocycles. The number of aromatic nitrogens is 1. The molecule has 1 fully saturated rings. The van der Waals surface area contributed by atoms with Gasteiger partial charge in [0.05, 0.1) is 0 Å². The molecule has 2 rings (SSSR count). The summed E-state index contributed by atoms with van der Waals surface area (Å²) in [5.41, 5.74) is 6.06. The van der Waals surface area contributed by atoms with Gasteiger partial charge < -0.3 is 11.1 Å². The summed E-state index contributed by atoms with van der Waals surface area (Å²) in [5, 5.41) is 3.42. The van der Waals surface area contributed by atoms with Crippen LogP contribution in [0.1, 0.15) is 25.7 Å². The topological polar surface area (TPSA) is 50.9 Å². The Kier molecular flexibility index (Phi) is 3.80. The van der Waals surface area contributed by atoms with Crippen molar-refractivity contribution < 1.29 is 0 Å². The van der Waals surface area contributed by atoms with Crippen LogP contribution in [0.5, 0.6) is 0 Å². The molecule has 3 N–H and O–H groups in total. The smallest absolute Gasteiger partial charge is 0.126 e. The van der Waals surface area contributed by atoms with E-state index in [-0.39, 0.29) is 6.04 Å². The Bertz CT molecular complexity index is 312. The maximum Gasteiger partial charge on any atom is 0.126 e. The molecule has 1 aromatic heterocycles. The molecule has 2 unspecified atom stereocenters. The molecule has 1 aliphatic carbocycles. The number of nitrogens with two attached hydrogens (primary N) is 1. The van der Waals surface area contributed by atoms with Crippen molar-refractivity contribution in [3.63, 3.8) is 0 Å². The van der Waals surface area contributed by atoms with Crippen LogP contribution in [-0.4, -0.2) is 17.1 Å². The summed E-state index contributed by atoms with van der Waals surface area (Å²) < 4.78 is 1.16. The van der Waals surface area contributed by atoms with Gasteiger partial charge in [-0.3, -0.25) is 0 Å². The third-order valence-corrected chi connectivity index (χ3v) is 3.52. The minimum absolute atomic E-state index is 0.278. The first-order valence-electron chi connectivity index (χ1n) is 5.39. The molecule has 2 atom stereocenters. The Morgan fingerprint density at radius 2 is 2.13 bits per heavy atom. The van der Waals surface area contributed by atoms with Gasteiger partial charge in [0.2, 0.25) is 0 Å². The Morgan fingerprint density at radius 3 is 2.80 bits per heavy atom. The van der Waals surface area contributed by atoms with Crippen LogP contribution in [-0.2, 0) is 0 Å². The van der Waals surface area contributed by atoms with Gasteiger partial charge in [-0.1, -0.05) is 12.8 Å². The fourth-order valence-electron chi connectivity index (χ4n) is 1.99. The number of rotatable bonds is 2.